The second-order valence-electron chi connectivity index (χ2n) is 6.01. The number of halogens is 1. The molecule has 0 unspecified atom stereocenters. The maximum absolute atomic E-state index is 12.2. The summed E-state index contributed by atoms with van der Waals surface area (Å²) in [7, 11) is 0. The van der Waals surface area contributed by atoms with E-state index < -0.39 is 0 Å². The first-order valence-corrected chi connectivity index (χ1v) is 10.2. The van der Waals surface area contributed by atoms with Crippen LogP contribution >= 0.6 is 22.9 Å². The minimum atomic E-state index is -0.0676. The number of aliphatic imine (C=N–C) groups is 1. The van der Waals surface area contributed by atoms with E-state index in [0.29, 0.717) is 30.5 Å². The van der Waals surface area contributed by atoms with Crippen LogP contribution in [0.2, 0.25) is 5.02 Å². The van der Waals surface area contributed by atoms with Gasteiger partial charge in [-0.25, -0.2) is 4.98 Å². The zero-order valence-electron chi connectivity index (χ0n) is 15.9. The van der Waals surface area contributed by atoms with Gasteiger partial charge in [-0.3, -0.25) is 9.79 Å². The summed E-state index contributed by atoms with van der Waals surface area (Å²) in [6.45, 7) is 7.85. The van der Waals surface area contributed by atoms with Crippen LogP contribution in [0.4, 0.5) is 5.69 Å². The summed E-state index contributed by atoms with van der Waals surface area (Å²) in [5.74, 6) is 0.638. The van der Waals surface area contributed by atoms with Crippen LogP contribution in [-0.4, -0.2) is 36.5 Å². The molecule has 2 rings (SSSR count). The number of hydrogen-bond acceptors (Lipinski definition) is 4. The Hall–Kier alpha value is -2.12. The third-order valence-electron chi connectivity index (χ3n) is 3.80. The molecule has 0 fully saturated rings. The third-order valence-corrected chi connectivity index (χ3v) is 5.18. The van der Waals surface area contributed by atoms with E-state index in [1.807, 2.05) is 39.1 Å². The summed E-state index contributed by atoms with van der Waals surface area (Å²) < 4.78 is 0. The highest BCUT2D eigenvalue weighted by atomic mass is 35.5. The summed E-state index contributed by atoms with van der Waals surface area (Å²) in [4.78, 5) is 22.2. The highest BCUT2D eigenvalue weighted by Gasteiger charge is 2.07. The molecule has 0 atom stereocenters. The van der Waals surface area contributed by atoms with Gasteiger partial charge in [0.2, 0.25) is 5.91 Å². The van der Waals surface area contributed by atoms with Crippen LogP contribution in [0.5, 0.6) is 0 Å². The lowest BCUT2D eigenvalue weighted by molar-refractivity contribution is -0.116. The molecule has 3 N–H and O–H groups in total. The average Bonchev–Trinajstić information content (AvgIpc) is 3.04. The molecule has 6 nitrogen and oxygen atoms in total. The van der Waals surface area contributed by atoms with Gasteiger partial charge in [0.1, 0.15) is 0 Å². The van der Waals surface area contributed by atoms with Gasteiger partial charge in [0.05, 0.1) is 5.01 Å². The number of amides is 1. The number of thiazole rings is 1. The van der Waals surface area contributed by atoms with Crippen molar-refractivity contribution in [3.05, 3.63) is 44.9 Å². The van der Waals surface area contributed by atoms with Crippen molar-refractivity contribution < 1.29 is 4.79 Å². The zero-order valence-corrected chi connectivity index (χ0v) is 17.5. The van der Waals surface area contributed by atoms with E-state index in [4.69, 9.17) is 11.6 Å². The van der Waals surface area contributed by atoms with Crippen molar-refractivity contribution in [3.63, 3.8) is 0 Å². The Kier molecular flexibility index (Phi) is 8.54. The van der Waals surface area contributed by atoms with Crippen molar-refractivity contribution in [2.75, 3.05) is 25.0 Å². The average molecular weight is 408 g/mol. The number of rotatable bonds is 8. The van der Waals surface area contributed by atoms with Gasteiger partial charge in [-0.15, -0.1) is 11.3 Å². The standard InChI is InChI=1S/C19H26ClN5OS/c1-4-21-19(23-11-9-18-24-12-13(2)27-18)22-10-8-17(26)25-16-7-5-6-15(20)14(16)3/h5-7,12H,4,8-11H2,1-3H3,(H,25,26)(H2,21,22,23). The van der Waals surface area contributed by atoms with Crippen molar-refractivity contribution in [2.45, 2.75) is 33.6 Å². The van der Waals surface area contributed by atoms with Crippen LogP contribution < -0.4 is 16.0 Å². The first-order valence-electron chi connectivity index (χ1n) is 8.98. The molecule has 1 aromatic heterocycles. The van der Waals surface area contributed by atoms with Crippen molar-refractivity contribution in [1.29, 1.82) is 0 Å². The van der Waals surface area contributed by atoms with Gasteiger partial charge in [-0.1, -0.05) is 17.7 Å². The number of hydrogen-bond donors (Lipinski definition) is 3. The van der Waals surface area contributed by atoms with E-state index in [-0.39, 0.29) is 5.91 Å². The summed E-state index contributed by atoms with van der Waals surface area (Å²) in [5, 5.41) is 11.0. The highest BCUT2D eigenvalue weighted by Crippen LogP contribution is 2.22. The fourth-order valence-corrected chi connectivity index (χ4v) is 3.32. The fraction of sp³-hybridized carbons (Fsp3) is 0.421. The van der Waals surface area contributed by atoms with Gasteiger partial charge < -0.3 is 16.0 Å². The zero-order chi connectivity index (χ0) is 19.6. The molecule has 1 aromatic carbocycles. The lowest BCUT2D eigenvalue weighted by Crippen LogP contribution is -2.38. The number of aryl methyl sites for hydroxylation is 1. The third kappa shape index (κ3) is 7.19. The predicted octanol–water partition coefficient (Wildman–Crippen LogP) is 3.54. The molecule has 0 bridgehead atoms. The van der Waals surface area contributed by atoms with E-state index in [9.17, 15) is 4.79 Å². The molecule has 0 aliphatic rings. The summed E-state index contributed by atoms with van der Waals surface area (Å²) in [6.07, 6.45) is 3.03. The normalized spacial score (nSPS) is 11.3. The maximum atomic E-state index is 12.2. The molecular weight excluding hydrogens is 382 g/mol. The number of guanidine groups is 1. The van der Waals surface area contributed by atoms with Gasteiger partial charge in [0.25, 0.3) is 0 Å². The molecule has 146 valence electrons. The van der Waals surface area contributed by atoms with Crippen LogP contribution in [0.1, 0.15) is 28.8 Å². The molecule has 1 amide bonds. The summed E-state index contributed by atoms with van der Waals surface area (Å²) in [6, 6.07) is 5.47. The molecule has 0 spiro atoms. The van der Waals surface area contributed by atoms with Gasteiger partial charge in [0.15, 0.2) is 5.96 Å². The lowest BCUT2D eigenvalue weighted by Gasteiger charge is -2.12. The van der Waals surface area contributed by atoms with Crippen LogP contribution in [0, 0.1) is 13.8 Å². The molecule has 0 radical (unpaired) electrons. The molecule has 1 heterocycles. The minimum Gasteiger partial charge on any atom is -0.357 e. The Morgan fingerprint density at radius 2 is 2.11 bits per heavy atom. The number of aromatic nitrogens is 1. The molecule has 0 aliphatic carbocycles. The van der Waals surface area contributed by atoms with Gasteiger partial charge in [-0.2, -0.15) is 0 Å². The van der Waals surface area contributed by atoms with Gasteiger partial charge in [-0.05, 0) is 38.5 Å². The van der Waals surface area contributed by atoms with Crippen molar-refractivity contribution in [1.82, 2.24) is 15.6 Å². The van der Waals surface area contributed by atoms with E-state index in [1.165, 1.54) is 4.88 Å². The Labute approximate surface area is 169 Å². The number of carbonyl (C=O) groups excluding carboxylic acids is 1. The first kappa shape index (κ1) is 21.2. The van der Waals surface area contributed by atoms with E-state index in [2.05, 4.69) is 25.9 Å². The minimum absolute atomic E-state index is 0.0676. The second-order valence-corrected chi connectivity index (χ2v) is 7.74. The molecule has 0 saturated heterocycles. The highest BCUT2D eigenvalue weighted by molar-refractivity contribution is 7.11. The fourth-order valence-electron chi connectivity index (χ4n) is 2.37. The Balaban J connectivity index is 1.78. The van der Waals surface area contributed by atoms with Crippen LogP contribution in [0.15, 0.2) is 29.4 Å². The van der Waals surface area contributed by atoms with Crippen molar-refractivity contribution >= 4 is 40.5 Å². The topological polar surface area (TPSA) is 78.4 Å². The SMILES string of the molecule is CCNC(=NCCc1ncc(C)s1)NCCC(=O)Nc1cccc(Cl)c1C. The number of carbonyl (C=O) groups is 1. The molecule has 0 aliphatic heterocycles. The van der Waals surface area contributed by atoms with Gasteiger partial charge in [0, 0.05) is 54.3 Å². The van der Waals surface area contributed by atoms with Crippen LogP contribution in [0.25, 0.3) is 0 Å². The molecule has 8 heteroatoms. The van der Waals surface area contributed by atoms with E-state index in [0.717, 1.165) is 29.2 Å². The van der Waals surface area contributed by atoms with Crippen molar-refractivity contribution in [3.8, 4) is 0 Å². The molecular formula is C19H26ClN5OS. The summed E-state index contributed by atoms with van der Waals surface area (Å²) in [5.41, 5.74) is 1.61. The Bertz CT molecular complexity index is 790. The molecule has 0 saturated carbocycles. The lowest BCUT2D eigenvalue weighted by atomic mass is 10.2. The van der Waals surface area contributed by atoms with Crippen molar-refractivity contribution in [2.24, 2.45) is 4.99 Å². The van der Waals surface area contributed by atoms with Crippen LogP contribution in [0.3, 0.4) is 0 Å². The number of nitrogens with zero attached hydrogens (tertiary/aromatic N) is 2. The molecule has 27 heavy (non-hydrogen) atoms. The monoisotopic (exact) mass is 407 g/mol. The van der Waals surface area contributed by atoms with E-state index in [1.54, 1.807) is 17.4 Å². The molecule has 2 aromatic rings. The van der Waals surface area contributed by atoms with Gasteiger partial charge >= 0.3 is 0 Å². The maximum Gasteiger partial charge on any atom is 0.226 e. The Morgan fingerprint density at radius 1 is 1.30 bits per heavy atom. The number of benzene rings is 1. The van der Waals surface area contributed by atoms with Crippen LogP contribution in [-0.2, 0) is 11.2 Å². The predicted molar refractivity (Wildman–Crippen MR) is 114 cm³/mol. The number of nitrogens with one attached hydrogen (secondary N) is 3. The number of anilines is 1. The first-order chi connectivity index (χ1) is 13.0. The quantitative estimate of drug-likeness (QED) is 0.462. The largest absolute Gasteiger partial charge is 0.357 e. The Morgan fingerprint density at radius 3 is 2.81 bits per heavy atom. The summed E-state index contributed by atoms with van der Waals surface area (Å²) >= 11 is 7.77. The second kappa shape index (κ2) is 10.9. The smallest absolute Gasteiger partial charge is 0.226 e. The van der Waals surface area contributed by atoms with E-state index >= 15 is 0 Å².